The third-order valence-electron chi connectivity index (χ3n) is 4.98. The minimum Gasteiger partial charge on any atom is -0.354 e. The summed E-state index contributed by atoms with van der Waals surface area (Å²) < 4.78 is 7.23. The Hall–Kier alpha value is -2.15. The second kappa shape index (κ2) is 7.82. The maximum atomic E-state index is 12.0. The van der Waals surface area contributed by atoms with Gasteiger partial charge in [0.05, 0.1) is 6.04 Å². The predicted molar refractivity (Wildman–Crippen MR) is 94.3 cm³/mol. The Kier molecular flexibility index (Phi) is 5.53. The molecule has 1 N–H and O–H groups in total. The van der Waals surface area contributed by atoms with Gasteiger partial charge in [0.2, 0.25) is 5.89 Å². The Morgan fingerprint density at radius 3 is 2.96 bits per heavy atom. The van der Waals surface area contributed by atoms with Crippen LogP contribution >= 0.6 is 0 Å². The molecule has 0 spiro atoms. The van der Waals surface area contributed by atoms with E-state index in [2.05, 4.69) is 26.4 Å². The van der Waals surface area contributed by atoms with Crippen LogP contribution in [-0.2, 0) is 13.5 Å². The van der Waals surface area contributed by atoms with Crippen LogP contribution in [0.5, 0.6) is 0 Å². The highest BCUT2D eigenvalue weighted by molar-refractivity contribution is 5.92. The molecule has 0 radical (unpaired) electrons. The van der Waals surface area contributed by atoms with Crippen molar-refractivity contribution in [3.05, 3.63) is 35.2 Å². The van der Waals surface area contributed by atoms with Gasteiger partial charge < -0.3 is 14.4 Å². The lowest BCUT2D eigenvalue weighted by Gasteiger charge is -2.36. The summed E-state index contributed by atoms with van der Waals surface area (Å²) in [4.78, 5) is 18.8. The van der Waals surface area contributed by atoms with E-state index in [0.29, 0.717) is 23.5 Å². The van der Waals surface area contributed by atoms with Crippen LogP contribution in [0, 0.1) is 6.92 Å². The van der Waals surface area contributed by atoms with E-state index in [-0.39, 0.29) is 5.91 Å². The number of hydrogen-bond acceptors (Lipinski definition) is 5. The number of piperidine rings is 1. The molecule has 7 heteroatoms. The van der Waals surface area contributed by atoms with Crippen LogP contribution in [-0.4, -0.2) is 45.7 Å². The van der Waals surface area contributed by atoms with Crippen molar-refractivity contribution < 1.29 is 9.32 Å². The summed E-state index contributed by atoms with van der Waals surface area (Å²) in [5.74, 6) is 1.37. The molecule has 0 aliphatic carbocycles. The molecule has 2 aromatic heterocycles. The van der Waals surface area contributed by atoms with E-state index in [1.165, 1.54) is 18.5 Å². The molecule has 1 aliphatic rings. The highest BCUT2D eigenvalue weighted by Gasteiger charge is 2.27. The molecular formula is C18H27N5O2. The fourth-order valence-electron chi connectivity index (χ4n) is 3.69. The van der Waals surface area contributed by atoms with E-state index >= 15 is 0 Å². The summed E-state index contributed by atoms with van der Waals surface area (Å²) in [7, 11) is 3.65. The molecule has 2 aromatic rings. The van der Waals surface area contributed by atoms with E-state index < -0.39 is 0 Å². The molecule has 1 unspecified atom stereocenters. The molecule has 1 aliphatic heterocycles. The first kappa shape index (κ1) is 17.7. The van der Waals surface area contributed by atoms with Crippen LogP contribution in [0.25, 0.3) is 0 Å². The van der Waals surface area contributed by atoms with E-state index in [1.54, 1.807) is 7.05 Å². The van der Waals surface area contributed by atoms with Crippen LogP contribution < -0.4 is 5.32 Å². The Morgan fingerprint density at radius 1 is 1.40 bits per heavy atom. The third kappa shape index (κ3) is 3.92. The minimum absolute atomic E-state index is 0.0390. The van der Waals surface area contributed by atoms with Crippen molar-refractivity contribution in [1.29, 1.82) is 0 Å². The fourth-order valence-corrected chi connectivity index (χ4v) is 3.69. The highest BCUT2D eigenvalue weighted by atomic mass is 16.5. The summed E-state index contributed by atoms with van der Waals surface area (Å²) in [5.41, 5.74) is 1.93. The predicted octanol–water partition coefficient (Wildman–Crippen LogP) is 2.24. The van der Waals surface area contributed by atoms with Crippen LogP contribution in [0.2, 0.25) is 0 Å². The molecule has 1 amide bonds. The van der Waals surface area contributed by atoms with Gasteiger partial charge >= 0.3 is 0 Å². The van der Waals surface area contributed by atoms with E-state index in [4.69, 9.17) is 4.52 Å². The molecule has 0 bridgehead atoms. The van der Waals surface area contributed by atoms with Crippen molar-refractivity contribution in [2.75, 3.05) is 20.1 Å². The van der Waals surface area contributed by atoms with Gasteiger partial charge in [0.25, 0.3) is 5.91 Å². The van der Waals surface area contributed by atoms with Gasteiger partial charge in [-0.3, -0.25) is 9.69 Å². The SMILES string of the molecule is CNC(=O)c1ccc(C2CCCCN2CCCc2nc(C)no2)n1C. The van der Waals surface area contributed by atoms with Gasteiger partial charge in [-0.15, -0.1) is 0 Å². The number of nitrogens with one attached hydrogen (secondary N) is 1. The molecule has 0 aromatic carbocycles. The number of likely N-dealkylation sites (tertiary alicyclic amines) is 1. The van der Waals surface area contributed by atoms with Gasteiger partial charge in [-0.25, -0.2) is 0 Å². The zero-order chi connectivity index (χ0) is 17.8. The summed E-state index contributed by atoms with van der Waals surface area (Å²) in [6, 6.07) is 4.37. The monoisotopic (exact) mass is 345 g/mol. The Balaban J connectivity index is 1.66. The van der Waals surface area contributed by atoms with E-state index in [9.17, 15) is 4.79 Å². The molecule has 1 saturated heterocycles. The zero-order valence-electron chi connectivity index (χ0n) is 15.3. The van der Waals surface area contributed by atoms with Crippen molar-refractivity contribution >= 4 is 5.91 Å². The van der Waals surface area contributed by atoms with Crippen molar-refractivity contribution in [2.24, 2.45) is 7.05 Å². The van der Waals surface area contributed by atoms with Crippen LogP contribution in [0.1, 0.15) is 59.6 Å². The van der Waals surface area contributed by atoms with Crippen LogP contribution in [0.3, 0.4) is 0 Å². The molecule has 1 fully saturated rings. The number of aryl methyl sites for hydroxylation is 2. The minimum atomic E-state index is -0.0390. The van der Waals surface area contributed by atoms with Gasteiger partial charge in [0, 0.05) is 26.2 Å². The summed E-state index contributed by atoms with van der Waals surface area (Å²) in [5, 5.41) is 6.55. The number of aromatic nitrogens is 3. The molecule has 0 saturated carbocycles. The van der Waals surface area contributed by atoms with Gasteiger partial charge in [-0.2, -0.15) is 4.98 Å². The Morgan fingerprint density at radius 2 is 2.24 bits per heavy atom. The van der Waals surface area contributed by atoms with Gasteiger partial charge in [-0.1, -0.05) is 11.6 Å². The second-order valence-electron chi connectivity index (χ2n) is 6.67. The fraction of sp³-hybridized carbons (Fsp3) is 0.611. The Bertz CT molecular complexity index is 721. The average molecular weight is 345 g/mol. The number of rotatable bonds is 6. The normalized spacial score (nSPS) is 18.4. The number of carbonyl (C=O) groups excluding carboxylic acids is 1. The third-order valence-corrected chi connectivity index (χ3v) is 4.98. The smallest absolute Gasteiger partial charge is 0.267 e. The van der Waals surface area contributed by atoms with Crippen LogP contribution in [0.4, 0.5) is 0 Å². The first-order valence-electron chi connectivity index (χ1n) is 9.01. The second-order valence-corrected chi connectivity index (χ2v) is 6.67. The number of amides is 1. The maximum absolute atomic E-state index is 12.0. The summed E-state index contributed by atoms with van der Waals surface area (Å²) in [6.07, 6.45) is 5.38. The lowest BCUT2D eigenvalue weighted by molar-refractivity contribution is 0.0952. The quantitative estimate of drug-likeness (QED) is 0.869. The summed E-state index contributed by atoms with van der Waals surface area (Å²) in [6.45, 7) is 3.92. The number of carbonyl (C=O) groups is 1. The first-order valence-corrected chi connectivity index (χ1v) is 9.01. The van der Waals surface area contributed by atoms with Gasteiger partial charge in [-0.05, 0) is 51.4 Å². The van der Waals surface area contributed by atoms with E-state index in [1.807, 2.05) is 24.6 Å². The average Bonchev–Trinajstić information content (AvgIpc) is 3.20. The first-order chi connectivity index (χ1) is 12.1. The molecule has 7 nitrogen and oxygen atoms in total. The molecule has 3 rings (SSSR count). The number of nitrogens with zero attached hydrogens (tertiary/aromatic N) is 4. The topological polar surface area (TPSA) is 76.2 Å². The molecular weight excluding hydrogens is 318 g/mol. The standard InChI is InChI=1S/C18H27N5O2/c1-13-20-17(25-21-13)8-6-12-23-11-5-4-7-15(23)14-9-10-16(22(14)3)18(24)19-2/h9-10,15H,4-8,11-12H2,1-3H3,(H,19,24). The van der Waals surface area contributed by atoms with Crippen molar-refractivity contribution in [3.63, 3.8) is 0 Å². The van der Waals surface area contributed by atoms with Crippen molar-refractivity contribution in [1.82, 2.24) is 24.9 Å². The van der Waals surface area contributed by atoms with Gasteiger partial charge in [0.1, 0.15) is 5.69 Å². The Labute approximate surface area is 148 Å². The summed E-state index contributed by atoms with van der Waals surface area (Å²) >= 11 is 0. The highest BCUT2D eigenvalue weighted by Crippen LogP contribution is 2.31. The molecule has 25 heavy (non-hydrogen) atoms. The lowest BCUT2D eigenvalue weighted by atomic mass is 9.99. The van der Waals surface area contributed by atoms with Crippen molar-refractivity contribution in [2.45, 2.75) is 45.1 Å². The zero-order valence-corrected chi connectivity index (χ0v) is 15.3. The van der Waals surface area contributed by atoms with Crippen LogP contribution in [0.15, 0.2) is 16.7 Å². The lowest BCUT2D eigenvalue weighted by Crippen LogP contribution is -2.35. The molecule has 136 valence electrons. The van der Waals surface area contributed by atoms with Gasteiger partial charge in [0.15, 0.2) is 5.82 Å². The van der Waals surface area contributed by atoms with Crippen molar-refractivity contribution in [3.8, 4) is 0 Å². The largest absolute Gasteiger partial charge is 0.354 e. The molecule has 3 heterocycles. The molecule has 1 atom stereocenters. The maximum Gasteiger partial charge on any atom is 0.267 e. The van der Waals surface area contributed by atoms with E-state index in [0.717, 1.165) is 32.4 Å². The number of hydrogen-bond donors (Lipinski definition) is 1.